The third-order valence-electron chi connectivity index (χ3n) is 3.88. The average Bonchev–Trinajstić information content (AvgIpc) is 2.75. The maximum atomic E-state index is 13.0. The highest BCUT2D eigenvalue weighted by molar-refractivity contribution is 5.78. The number of hydrogen-bond acceptors (Lipinski definition) is 3. The smallest absolute Gasteiger partial charge is 0.131 e. The molecule has 0 saturated carbocycles. The Kier molecular flexibility index (Phi) is 4.28. The summed E-state index contributed by atoms with van der Waals surface area (Å²) < 4.78 is 13.0. The zero-order valence-electron chi connectivity index (χ0n) is 12.4. The topological polar surface area (TPSA) is 41.3 Å². The fourth-order valence-electron chi connectivity index (χ4n) is 2.81. The molecule has 1 aliphatic heterocycles. The van der Waals surface area contributed by atoms with Crippen LogP contribution in [0.2, 0.25) is 0 Å². The van der Waals surface area contributed by atoms with Gasteiger partial charge in [-0.2, -0.15) is 0 Å². The van der Waals surface area contributed by atoms with Gasteiger partial charge in [0.05, 0.1) is 11.4 Å². The molecule has 2 aromatic carbocycles. The van der Waals surface area contributed by atoms with Gasteiger partial charge in [-0.3, -0.25) is 0 Å². The second-order valence-electron chi connectivity index (χ2n) is 5.38. The van der Waals surface area contributed by atoms with Crippen molar-refractivity contribution in [1.29, 1.82) is 0 Å². The number of rotatable bonds is 3. The first-order chi connectivity index (χ1) is 10.8. The summed E-state index contributed by atoms with van der Waals surface area (Å²) in [6.07, 6.45) is 0. The third kappa shape index (κ3) is 2.91. The number of nitrogens with one attached hydrogen (secondary N) is 1. The van der Waals surface area contributed by atoms with Gasteiger partial charge in [0.25, 0.3) is 0 Å². The number of nitrogens with zero attached hydrogens (tertiary/aromatic N) is 1. The van der Waals surface area contributed by atoms with E-state index in [1.807, 2.05) is 36.4 Å². The number of alkyl halides is 1. The molecule has 0 spiro atoms. The second kappa shape index (κ2) is 6.52. The molecule has 1 aliphatic rings. The number of allylic oxidation sites excluding steroid dienone is 1. The van der Waals surface area contributed by atoms with Gasteiger partial charge in [0.1, 0.15) is 6.67 Å². The lowest BCUT2D eigenvalue weighted by Gasteiger charge is -2.24. The van der Waals surface area contributed by atoms with Crippen LogP contribution in [-0.4, -0.2) is 19.8 Å². The molecule has 0 amide bonds. The number of halogens is 1. The minimum Gasteiger partial charge on any atom is -0.398 e. The van der Waals surface area contributed by atoms with E-state index in [9.17, 15) is 4.39 Å². The Morgan fingerprint density at radius 2 is 1.82 bits per heavy atom. The van der Waals surface area contributed by atoms with Crippen molar-refractivity contribution < 1.29 is 4.39 Å². The van der Waals surface area contributed by atoms with Crippen LogP contribution in [0.3, 0.4) is 0 Å². The van der Waals surface area contributed by atoms with Crippen LogP contribution in [0.5, 0.6) is 0 Å². The fourth-order valence-corrected chi connectivity index (χ4v) is 2.81. The molecule has 114 valence electrons. The van der Waals surface area contributed by atoms with Crippen molar-refractivity contribution in [3.05, 3.63) is 71.4 Å². The van der Waals surface area contributed by atoms with E-state index < -0.39 is 6.67 Å². The number of anilines is 1. The van der Waals surface area contributed by atoms with E-state index >= 15 is 0 Å². The van der Waals surface area contributed by atoms with Gasteiger partial charge < -0.3 is 16.0 Å². The second-order valence-corrected chi connectivity index (χ2v) is 5.38. The van der Waals surface area contributed by atoms with Gasteiger partial charge in [0.2, 0.25) is 0 Å². The number of para-hydroxylation sites is 1. The molecule has 1 heterocycles. The summed E-state index contributed by atoms with van der Waals surface area (Å²) in [5.41, 5.74) is 10.1. The molecule has 2 aromatic rings. The van der Waals surface area contributed by atoms with Crippen molar-refractivity contribution in [3.63, 3.8) is 0 Å². The number of benzene rings is 2. The molecule has 3 nitrogen and oxygen atoms in total. The van der Waals surface area contributed by atoms with Crippen LogP contribution >= 0.6 is 0 Å². The molecule has 0 atom stereocenters. The molecule has 0 saturated heterocycles. The summed E-state index contributed by atoms with van der Waals surface area (Å²) >= 11 is 0. The lowest BCUT2D eigenvalue weighted by Crippen LogP contribution is -2.28. The Balaban J connectivity index is 1.99. The first-order valence-electron chi connectivity index (χ1n) is 7.46. The van der Waals surface area contributed by atoms with Gasteiger partial charge in [-0.05, 0) is 11.6 Å². The van der Waals surface area contributed by atoms with Crippen molar-refractivity contribution >= 4 is 11.4 Å². The Morgan fingerprint density at radius 1 is 1.09 bits per heavy atom. The summed E-state index contributed by atoms with van der Waals surface area (Å²) in [4.78, 5) is 2.30. The molecule has 3 N–H and O–H groups in total. The lowest BCUT2D eigenvalue weighted by molar-refractivity contribution is 0.539. The summed E-state index contributed by atoms with van der Waals surface area (Å²) in [6, 6.07) is 18.4. The van der Waals surface area contributed by atoms with Crippen LogP contribution in [-0.2, 0) is 6.54 Å². The van der Waals surface area contributed by atoms with E-state index in [1.54, 1.807) is 0 Å². The third-order valence-corrected chi connectivity index (χ3v) is 3.88. The van der Waals surface area contributed by atoms with Crippen LogP contribution in [0.1, 0.15) is 11.1 Å². The first kappa shape index (κ1) is 14.4. The number of fused-ring (bicyclic) bond motifs is 1. The molecule has 0 bridgehead atoms. The van der Waals surface area contributed by atoms with Crippen LogP contribution in [0.4, 0.5) is 10.1 Å². The van der Waals surface area contributed by atoms with Gasteiger partial charge in [0.15, 0.2) is 0 Å². The summed E-state index contributed by atoms with van der Waals surface area (Å²) in [7, 11) is 0. The summed E-state index contributed by atoms with van der Waals surface area (Å²) in [5.74, 6) is 0. The van der Waals surface area contributed by atoms with Gasteiger partial charge in [0, 0.05) is 30.9 Å². The van der Waals surface area contributed by atoms with Gasteiger partial charge in [-0.25, -0.2) is 4.39 Å². The van der Waals surface area contributed by atoms with Crippen LogP contribution in [0, 0.1) is 0 Å². The maximum absolute atomic E-state index is 13.0. The minimum atomic E-state index is -0.643. The number of nitrogens with two attached hydrogens (primary N) is 1. The van der Waals surface area contributed by atoms with E-state index in [1.165, 1.54) is 5.56 Å². The summed E-state index contributed by atoms with van der Waals surface area (Å²) in [6.45, 7) is 1.75. The largest absolute Gasteiger partial charge is 0.398 e. The Morgan fingerprint density at radius 3 is 2.59 bits per heavy atom. The van der Waals surface area contributed by atoms with Crippen molar-refractivity contribution in [3.8, 4) is 0 Å². The van der Waals surface area contributed by atoms with Crippen molar-refractivity contribution in [2.24, 2.45) is 5.73 Å². The summed E-state index contributed by atoms with van der Waals surface area (Å²) in [5, 5.41) is 3.28. The van der Waals surface area contributed by atoms with Gasteiger partial charge in [-0.15, -0.1) is 0 Å². The zero-order valence-corrected chi connectivity index (χ0v) is 12.4. The van der Waals surface area contributed by atoms with Crippen LogP contribution in [0.15, 0.2) is 60.3 Å². The molecular weight excluding hydrogens is 277 g/mol. The normalized spacial score (nSPS) is 16.5. The van der Waals surface area contributed by atoms with E-state index in [4.69, 9.17) is 5.73 Å². The Bertz CT molecular complexity index is 667. The molecule has 3 rings (SSSR count). The van der Waals surface area contributed by atoms with Gasteiger partial charge in [-0.1, -0.05) is 48.5 Å². The van der Waals surface area contributed by atoms with E-state index in [0.717, 1.165) is 30.9 Å². The van der Waals surface area contributed by atoms with E-state index in [2.05, 4.69) is 28.4 Å². The monoisotopic (exact) mass is 297 g/mol. The number of hydrogen-bond donors (Lipinski definition) is 2. The minimum absolute atomic E-state index is 0.258. The molecule has 0 aliphatic carbocycles. The SMILES string of the molecule is N/C(CF)=C1\NCCN(Cc2ccccc2)c2ccccc21. The van der Waals surface area contributed by atoms with Crippen molar-refractivity contribution in [1.82, 2.24) is 5.32 Å². The highest BCUT2D eigenvalue weighted by Gasteiger charge is 2.19. The van der Waals surface area contributed by atoms with Gasteiger partial charge >= 0.3 is 0 Å². The average molecular weight is 297 g/mol. The molecule has 22 heavy (non-hydrogen) atoms. The fraction of sp³-hybridized carbons (Fsp3) is 0.222. The highest BCUT2D eigenvalue weighted by atomic mass is 19.1. The molecule has 4 heteroatoms. The predicted octanol–water partition coefficient (Wildman–Crippen LogP) is 2.89. The Hall–Kier alpha value is -2.49. The maximum Gasteiger partial charge on any atom is 0.131 e. The Labute approximate surface area is 130 Å². The van der Waals surface area contributed by atoms with Crippen molar-refractivity contribution in [2.45, 2.75) is 6.54 Å². The highest BCUT2D eigenvalue weighted by Crippen LogP contribution is 2.30. The standard InChI is InChI=1S/C18H20FN3/c19-12-16(20)18-15-8-4-5-9-17(15)22(11-10-21-18)13-14-6-2-1-3-7-14/h1-9,21H,10-13,20H2/b18-16-. The van der Waals surface area contributed by atoms with E-state index in [0.29, 0.717) is 5.70 Å². The van der Waals surface area contributed by atoms with E-state index in [-0.39, 0.29) is 5.70 Å². The molecule has 0 radical (unpaired) electrons. The molecular formula is C18H20FN3. The first-order valence-corrected chi connectivity index (χ1v) is 7.46. The van der Waals surface area contributed by atoms with Crippen molar-refractivity contribution in [2.75, 3.05) is 24.7 Å². The predicted molar refractivity (Wildman–Crippen MR) is 89.0 cm³/mol. The van der Waals surface area contributed by atoms with Crippen LogP contribution < -0.4 is 16.0 Å². The molecule has 0 unspecified atom stereocenters. The lowest BCUT2D eigenvalue weighted by atomic mass is 10.1. The van der Waals surface area contributed by atoms with Crippen LogP contribution in [0.25, 0.3) is 5.70 Å². The zero-order chi connectivity index (χ0) is 15.4. The quantitative estimate of drug-likeness (QED) is 0.915. The molecule has 0 aromatic heterocycles. The molecule has 0 fully saturated rings.